The first-order chi connectivity index (χ1) is 8.66. The van der Waals surface area contributed by atoms with Gasteiger partial charge in [-0.2, -0.15) is 0 Å². The molecule has 0 radical (unpaired) electrons. The Hall–Kier alpha value is -1.84. The van der Waals surface area contributed by atoms with E-state index >= 15 is 0 Å². The summed E-state index contributed by atoms with van der Waals surface area (Å²) in [5.74, 6) is -0.102. The van der Waals surface area contributed by atoms with E-state index in [2.05, 4.69) is 10.6 Å². The first-order valence-electron chi connectivity index (χ1n) is 6.30. The molecule has 1 aromatic carbocycles. The molecule has 0 atom stereocenters. The van der Waals surface area contributed by atoms with Crippen molar-refractivity contribution in [3.8, 4) is 0 Å². The summed E-state index contributed by atoms with van der Waals surface area (Å²) in [5, 5.41) is 5.65. The lowest BCUT2D eigenvalue weighted by atomic mass is 10.1. The van der Waals surface area contributed by atoms with Crippen LogP contribution in [0.5, 0.6) is 0 Å². The van der Waals surface area contributed by atoms with Gasteiger partial charge in [0, 0.05) is 24.6 Å². The van der Waals surface area contributed by atoms with E-state index in [0.717, 1.165) is 18.4 Å². The van der Waals surface area contributed by atoms with E-state index in [-0.39, 0.29) is 11.8 Å². The van der Waals surface area contributed by atoms with Gasteiger partial charge in [0.25, 0.3) is 5.91 Å². The third-order valence-corrected chi connectivity index (χ3v) is 2.97. The number of hydrogen-bond acceptors (Lipinski definition) is 2. The summed E-state index contributed by atoms with van der Waals surface area (Å²) in [6.45, 7) is 2.28. The molecule has 2 N–H and O–H groups in total. The van der Waals surface area contributed by atoms with Crippen LogP contribution >= 0.6 is 0 Å². The van der Waals surface area contributed by atoms with Crippen LogP contribution < -0.4 is 10.6 Å². The minimum atomic E-state index is -0.118. The van der Waals surface area contributed by atoms with Crippen molar-refractivity contribution in [3.63, 3.8) is 0 Å². The smallest absolute Gasteiger partial charge is 0.251 e. The van der Waals surface area contributed by atoms with Crippen molar-refractivity contribution in [1.82, 2.24) is 10.6 Å². The summed E-state index contributed by atoms with van der Waals surface area (Å²) < 4.78 is 0. The molecule has 2 rings (SSSR count). The average Bonchev–Trinajstić information content (AvgIpc) is 3.13. The zero-order valence-electron chi connectivity index (χ0n) is 10.5. The highest BCUT2D eigenvalue weighted by Gasteiger charge is 2.22. The maximum atomic E-state index is 11.8. The molecule has 1 fully saturated rings. The van der Waals surface area contributed by atoms with Crippen LogP contribution in [0.4, 0.5) is 0 Å². The third kappa shape index (κ3) is 3.58. The lowest BCUT2D eigenvalue weighted by Crippen LogP contribution is -2.31. The molecule has 1 aliphatic rings. The van der Waals surface area contributed by atoms with Gasteiger partial charge in [0.2, 0.25) is 5.91 Å². The van der Waals surface area contributed by atoms with E-state index in [9.17, 15) is 9.59 Å². The zero-order chi connectivity index (χ0) is 13.0. The molecule has 4 heteroatoms. The number of benzene rings is 1. The van der Waals surface area contributed by atoms with E-state index < -0.39 is 0 Å². The standard InChI is InChI=1S/C14H18N2O2/c1-10-4-2-3-5-12(10)14(18)15-9-8-13(17)16-11-6-7-11/h2-5,11H,6-9H2,1H3,(H,15,18)(H,16,17). The zero-order valence-corrected chi connectivity index (χ0v) is 10.5. The monoisotopic (exact) mass is 246 g/mol. The fourth-order valence-corrected chi connectivity index (χ4v) is 1.74. The number of carbonyl (C=O) groups excluding carboxylic acids is 2. The van der Waals surface area contributed by atoms with Crippen molar-refractivity contribution in [2.45, 2.75) is 32.2 Å². The van der Waals surface area contributed by atoms with Crippen LogP contribution in [0.1, 0.15) is 35.2 Å². The van der Waals surface area contributed by atoms with E-state index in [1.165, 1.54) is 0 Å². The molecule has 1 aromatic rings. The minimum absolute atomic E-state index is 0.0163. The number of nitrogens with one attached hydrogen (secondary N) is 2. The molecule has 18 heavy (non-hydrogen) atoms. The maximum Gasteiger partial charge on any atom is 0.251 e. The van der Waals surface area contributed by atoms with Gasteiger partial charge in [-0.1, -0.05) is 18.2 Å². The van der Waals surface area contributed by atoms with E-state index in [0.29, 0.717) is 24.6 Å². The second kappa shape index (κ2) is 5.67. The molecule has 0 aliphatic heterocycles. The fraction of sp³-hybridized carbons (Fsp3) is 0.429. The highest BCUT2D eigenvalue weighted by atomic mass is 16.2. The van der Waals surface area contributed by atoms with Crippen molar-refractivity contribution >= 4 is 11.8 Å². The van der Waals surface area contributed by atoms with Gasteiger partial charge in [0.15, 0.2) is 0 Å². The topological polar surface area (TPSA) is 58.2 Å². The fourth-order valence-electron chi connectivity index (χ4n) is 1.74. The largest absolute Gasteiger partial charge is 0.353 e. The van der Waals surface area contributed by atoms with Gasteiger partial charge in [0.1, 0.15) is 0 Å². The Bertz CT molecular complexity index is 453. The van der Waals surface area contributed by atoms with Gasteiger partial charge in [-0.05, 0) is 31.4 Å². The SMILES string of the molecule is Cc1ccccc1C(=O)NCCC(=O)NC1CC1. The second-order valence-electron chi connectivity index (χ2n) is 4.66. The van der Waals surface area contributed by atoms with Gasteiger partial charge in [-0.25, -0.2) is 0 Å². The Morgan fingerprint density at radius 1 is 1.28 bits per heavy atom. The van der Waals surface area contributed by atoms with Crippen molar-refractivity contribution in [3.05, 3.63) is 35.4 Å². The lowest BCUT2D eigenvalue weighted by molar-refractivity contribution is -0.121. The normalized spacial score (nSPS) is 14.1. The highest BCUT2D eigenvalue weighted by molar-refractivity contribution is 5.95. The first-order valence-corrected chi connectivity index (χ1v) is 6.30. The number of rotatable bonds is 5. The van der Waals surface area contributed by atoms with Crippen LogP contribution in [0.25, 0.3) is 0 Å². The molecule has 4 nitrogen and oxygen atoms in total. The second-order valence-corrected chi connectivity index (χ2v) is 4.66. The van der Waals surface area contributed by atoms with Crippen molar-refractivity contribution in [1.29, 1.82) is 0 Å². The molecule has 0 aromatic heterocycles. The van der Waals surface area contributed by atoms with Crippen LogP contribution in [-0.4, -0.2) is 24.4 Å². The molecule has 1 saturated carbocycles. The number of aryl methyl sites for hydroxylation is 1. The van der Waals surface area contributed by atoms with Crippen molar-refractivity contribution < 1.29 is 9.59 Å². The molecule has 1 aliphatic carbocycles. The van der Waals surface area contributed by atoms with Gasteiger partial charge >= 0.3 is 0 Å². The van der Waals surface area contributed by atoms with Gasteiger partial charge in [-0.15, -0.1) is 0 Å². The molecular formula is C14H18N2O2. The van der Waals surface area contributed by atoms with Gasteiger partial charge < -0.3 is 10.6 Å². The Labute approximate surface area is 107 Å². The molecule has 0 unspecified atom stereocenters. The molecule has 96 valence electrons. The Morgan fingerprint density at radius 3 is 2.67 bits per heavy atom. The quantitative estimate of drug-likeness (QED) is 0.825. The third-order valence-electron chi connectivity index (χ3n) is 2.97. The summed E-state index contributed by atoms with van der Waals surface area (Å²) in [7, 11) is 0. The summed E-state index contributed by atoms with van der Waals surface area (Å²) in [5.41, 5.74) is 1.61. The van der Waals surface area contributed by atoms with Crippen LogP contribution in [-0.2, 0) is 4.79 Å². The predicted octanol–water partition coefficient (Wildman–Crippen LogP) is 1.39. The van der Waals surface area contributed by atoms with Gasteiger partial charge in [0.05, 0.1) is 0 Å². The minimum Gasteiger partial charge on any atom is -0.353 e. The van der Waals surface area contributed by atoms with Crippen LogP contribution in [0.3, 0.4) is 0 Å². The maximum absolute atomic E-state index is 11.8. The summed E-state index contributed by atoms with van der Waals surface area (Å²) in [6.07, 6.45) is 2.51. The van der Waals surface area contributed by atoms with Crippen LogP contribution in [0.2, 0.25) is 0 Å². The van der Waals surface area contributed by atoms with E-state index in [1.54, 1.807) is 6.07 Å². The van der Waals surface area contributed by atoms with Crippen LogP contribution in [0.15, 0.2) is 24.3 Å². The molecule has 0 bridgehead atoms. The Kier molecular flexibility index (Phi) is 3.97. The number of hydrogen-bond donors (Lipinski definition) is 2. The predicted molar refractivity (Wildman–Crippen MR) is 69.3 cm³/mol. The van der Waals surface area contributed by atoms with Crippen molar-refractivity contribution in [2.75, 3.05) is 6.54 Å². The Morgan fingerprint density at radius 2 is 2.00 bits per heavy atom. The number of amides is 2. The summed E-state index contributed by atoms with van der Waals surface area (Å²) in [6, 6.07) is 7.80. The summed E-state index contributed by atoms with van der Waals surface area (Å²) in [4.78, 5) is 23.3. The molecule has 0 heterocycles. The highest BCUT2D eigenvalue weighted by Crippen LogP contribution is 2.18. The average molecular weight is 246 g/mol. The number of carbonyl (C=O) groups is 2. The van der Waals surface area contributed by atoms with Crippen molar-refractivity contribution in [2.24, 2.45) is 0 Å². The molecule has 2 amide bonds. The molecule has 0 saturated heterocycles. The van der Waals surface area contributed by atoms with E-state index in [4.69, 9.17) is 0 Å². The first kappa shape index (κ1) is 12.6. The Balaban J connectivity index is 1.74. The van der Waals surface area contributed by atoms with E-state index in [1.807, 2.05) is 25.1 Å². The molecule has 0 spiro atoms. The molecular weight excluding hydrogens is 228 g/mol. The van der Waals surface area contributed by atoms with Crippen LogP contribution in [0, 0.1) is 6.92 Å². The lowest BCUT2D eigenvalue weighted by Gasteiger charge is -2.07. The van der Waals surface area contributed by atoms with Gasteiger partial charge in [-0.3, -0.25) is 9.59 Å². The summed E-state index contributed by atoms with van der Waals surface area (Å²) >= 11 is 0.